The molecule has 2 aliphatic rings. The smallest absolute Gasteiger partial charge is 0.239 e. The first-order valence-electron chi connectivity index (χ1n) is 16.5. The number of rotatable bonds is 3. The van der Waals surface area contributed by atoms with E-state index >= 15 is 0 Å². The van der Waals surface area contributed by atoms with Crippen LogP contribution in [0.15, 0.2) is 128 Å². The summed E-state index contributed by atoms with van der Waals surface area (Å²) in [6.45, 7) is 8.48. The van der Waals surface area contributed by atoms with Crippen LogP contribution in [0.4, 0.5) is 0 Å². The number of aromatic nitrogens is 2. The van der Waals surface area contributed by atoms with Gasteiger partial charge in [-0.3, -0.25) is 0 Å². The van der Waals surface area contributed by atoms with E-state index in [0.717, 1.165) is 67.5 Å². The van der Waals surface area contributed by atoms with Crippen molar-refractivity contribution < 1.29 is 29.6 Å². The third-order valence-electron chi connectivity index (χ3n) is 9.20. The van der Waals surface area contributed by atoms with E-state index in [-0.39, 0.29) is 26.8 Å². The summed E-state index contributed by atoms with van der Waals surface area (Å²) < 4.78 is 12.9. The van der Waals surface area contributed by atoms with E-state index in [0.29, 0.717) is 0 Å². The Morgan fingerprint density at radius 3 is 1.94 bits per heavy atom. The summed E-state index contributed by atoms with van der Waals surface area (Å²) in [5, 5.41) is 0. The number of hydrogen-bond acceptors (Lipinski definition) is 4. The van der Waals surface area contributed by atoms with Gasteiger partial charge in [0.25, 0.3) is 0 Å². The molecule has 6 heteroatoms. The predicted octanol–water partition coefficient (Wildman–Crippen LogP) is 8.72. The van der Waals surface area contributed by atoms with Gasteiger partial charge in [0, 0.05) is 49.6 Å². The quantitative estimate of drug-likeness (QED) is 0.132. The summed E-state index contributed by atoms with van der Waals surface area (Å²) >= 11 is 0. The zero-order valence-electron chi connectivity index (χ0n) is 28.2. The summed E-state index contributed by atoms with van der Waals surface area (Å²) in [5.74, 6) is 3.31. The maximum absolute atomic E-state index is 6.56. The van der Waals surface area contributed by atoms with Gasteiger partial charge in [-0.05, 0) is 84.4 Å². The first-order chi connectivity index (χ1) is 23.9. The third-order valence-corrected chi connectivity index (χ3v) is 9.20. The van der Waals surface area contributed by atoms with Gasteiger partial charge >= 0.3 is 0 Å². The molecule has 4 nitrogen and oxygen atoms in total. The number of aryl methyl sites for hydroxylation is 4. The molecule has 2 aliphatic heterocycles. The largest absolute Gasteiger partial charge is 0.503 e. The van der Waals surface area contributed by atoms with Crippen LogP contribution < -0.4 is 25.9 Å². The molecule has 0 N–H and O–H groups in total. The first-order valence-corrected chi connectivity index (χ1v) is 16.5. The van der Waals surface area contributed by atoms with Gasteiger partial charge in [0.1, 0.15) is 11.5 Å². The summed E-state index contributed by atoms with van der Waals surface area (Å²) in [6, 6.07) is 45.7. The number of ether oxygens (including phenoxy) is 2. The molecule has 0 amide bonds. The summed E-state index contributed by atoms with van der Waals surface area (Å²) in [7, 11) is 0. The second-order valence-corrected chi connectivity index (χ2v) is 12.7. The topological polar surface area (TPSA) is 44.2 Å². The van der Waals surface area contributed by atoms with Gasteiger partial charge in [0.15, 0.2) is 0 Å². The molecule has 0 atom stereocenters. The van der Waals surface area contributed by atoms with Crippen molar-refractivity contribution in [3.8, 4) is 56.6 Å². The van der Waals surface area contributed by atoms with Crippen LogP contribution in [0, 0.1) is 39.8 Å². The van der Waals surface area contributed by atoms with Crippen LogP contribution in [0.25, 0.3) is 33.6 Å². The molecule has 2 aromatic heterocycles. The Bertz CT molecular complexity index is 2330. The van der Waals surface area contributed by atoms with Crippen LogP contribution in [-0.2, 0) is 20.1 Å². The minimum absolute atomic E-state index is 0. The fraction of sp³-hybridized carbons (Fsp3) is 0.0909. The van der Waals surface area contributed by atoms with Crippen molar-refractivity contribution in [2.45, 2.75) is 27.7 Å². The monoisotopic (exact) mass is 825 g/mol. The maximum Gasteiger partial charge on any atom is 0.239 e. The zero-order valence-corrected chi connectivity index (χ0v) is 30.6. The fourth-order valence-electron chi connectivity index (χ4n) is 6.78. The second-order valence-electron chi connectivity index (χ2n) is 12.7. The van der Waals surface area contributed by atoms with Crippen molar-refractivity contribution in [2.24, 2.45) is 0 Å². The van der Waals surface area contributed by atoms with Crippen LogP contribution in [0.3, 0.4) is 0 Å². The van der Waals surface area contributed by atoms with Crippen molar-refractivity contribution in [3.63, 3.8) is 0 Å². The van der Waals surface area contributed by atoms with Crippen molar-refractivity contribution >= 4 is 23.1 Å². The molecule has 5 aromatic carbocycles. The Labute approximate surface area is 307 Å². The molecule has 1 radical (unpaired) electrons. The van der Waals surface area contributed by atoms with Gasteiger partial charge in [0.05, 0.1) is 0 Å². The van der Waals surface area contributed by atoms with Crippen molar-refractivity contribution in [1.29, 1.82) is 0 Å². The molecular weight excluding hydrogens is 792 g/mol. The molecule has 0 saturated carbocycles. The van der Waals surface area contributed by atoms with E-state index in [1.165, 1.54) is 27.8 Å². The Kier molecular flexibility index (Phi) is 9.24. The Hall–Kier alpha value is -5.29. The molecule has 245 valence electrons. The Balaban J connectivity index is 0.000000236. The molecule has 0 bridgehead atoms. The van der Waals surface area contributed by atoms with Crippen LogP contribution in [0.5, 0.6) is 23.0 Å². The van der Waals surface area contributed by atoms with Gasteiger partial charge in [-0.15, -0.1) is 48.0 Å². The van der Waals surface area contributed by atoms with E-state index in [1.54, 1.807) is 0 Å². The minimum atomic E-state index is 0. The molecule has 0 aliphatic carbocycles. The maximum atomic E-state index is 6.56. The van der Waals surface area contributed by atoms with Gasteiger partial charge in [0.2, 0.25) is 6.71 Å². The third kappa shape index (κ3) is 6.17. The number of para-hydroxylation sites is 2. The molecule has 0 saturated heterocycles. The van der Waals surface area contributed by atoms with Gasteiger partial charge in [-0.1, -0.05) is 89.4 Å². The van der Waals surface area contributed by atoms with Crippen LogP contribution in [0.2, 0.25) is 0 Å². The number of benzene rings is 5. The number of fused-ring (bicyclic) bond motifs is 4. The SMILES string of the molecule is Cc1ccc(-c2[c-]cccc2)nc1.Cc1ccc(-c2cnc(-c3[c-]cc4c5c3Oc3ccccc3B5c3ccccc3O4)cc2C)c(C)c1.[Ir]. The van der Waals surface area contributed by atoms with Crippen molar-refractivity contribution in [2.75, 3.05) is 0 Å². The van der Waals surface area contributed by atoms with E-state index < -0.39 is 0 Å². The normalized spacial score (nSPS) is 11.7. The molecule has 0 fully saturated rings. The number of hydrogen-bond donors (Lipinski definition) is 0. The van der Waals surface area contributed by atoms with E-state index in [4.69, 9.17) is 14.5 Å². The molecule has 0 unspecified atom stereocenters. The van der Waals surface area contributed by atoms with Gasteiger partial charge < -0.3 is 19.4 Å². The number of pyridine rings is 2. The molecule has 7 aromatic rings. The summed E-state index contributed by atoms with van der Waals surface area (Å²) in [4.78, 5) is 9.22. The van der Waals surface area contributed by atoms with Gasteiger partial charge in [-0.25, -0.2) is 0 Å². The van der Waals surface area contributed by atoms with Crippen molar-refractivity contribution in [3.05, 3.63) is 162 Å². The van der Waals surface area contributed by atoms with Crippen LogP contribution >= 0.6 is 0 Å². The Morgan fingerprint density at radius 2 is 1.26 bits per heavy atom. The van der Waals surface area contributed by atoms with E-state index in [1.807, 2.05) is 80.0 Å². The zero-order chi connectivity index (χ0) is 33.5. The number of nitrogens with zero attached hydrogens (tertiary/aromatic N) is 2. The first kappa shape index (κ1) is 33.2. The standard InChI is InChI=1S/C32H23BNO2.C12H10N.Ir/c1-19-12-13-22(20(2)16-19)24-18-34-27(17-21(24)3)23-14-15-30-31-32(23)36-29-11-7-5-9-26(29)33(31)25-8-4-6-10-28(25)35-30;1-10-7-8-12(13-9-10)11-5-3-2-4-6-11;/h4-13,15-18H,1-3H3;2-5,7-9H,1H3;/q2*-1;. The average Bonchev–Trinajstić information content (AvgIpc) is 3.13. The summed E-state index contributed by atoms with van der Waals surface area (Å²) in [5.41, 5.74) is 14.3. The Morgan fingerprint density at radius 1 is 0.580 bits per heavy atom. The van der Waals surface area contributed by atoms with E-state index in [2.05, 4.69) is 92.5 Å². The minimum Gasteiger partial charge on any atom is -0.503 e. The molecule has 50 heavy (non-hydrogen) atoms. The summed E-state index contributed by atoms with van der Waals surface area (Å²) in [6.07, 6.45) is 3.85. The molecule has 9 rings (SSSR count). The molecule has 0 spiro atoms. The van der Waals surface area contributed by atoms with Crippen LogP contribution in [0.1, 0.15) is 22.3 Å². The van der Waals surface area contributed by atoms with Gasteiger partial charge in [-0.2, -0.15) is 0 Å². The second kappa shape index (κ2) is 13.9. The van der Waals surface area contributed by atoms with Crippen molar-refractivity contribution in [1.82, 2.24) is 9.97 Å². The van der Waals surface area contributed by atoms with E-state index in [9.17, 15) is 0 Å². The average molecular weight is 825 g/mol. The fourth-order valence-corrected chi connectivity index (χ4v) is 6.78. The molecule has 4 heterocycles. The predicted molar refractivity (Wildman–Crippen MR) is 199 cm³/mol. The molecular formula is C44H33BIrN2O2-2. The van der Waals surface area contributed by atoms with Crippen LogP contribution in [-0.4, -0.2) is 16.7 Å².